The van der Waals surface area contributed by atoms with E-state index in [2.05, 4.69) is 4.98 Å². The van der Waals surface area contributed by atoms with Gasteiger partial charge in [0.1, 0.15) is 0 Å². The second-order valence-electron chi connectivity index (χ2n) is 7.45. The van der Waals surface area contributed by atoms with Crippen molar-refractivity contribution in [2.24, 2.45) is 5.14 Å². The number of aromatic nitrogens is 1. The molecule has 1 saturated heterocycles. The lowest BCUT2D eigenvalue weighted by molar-refractivity contribution is 0.248. The largest absolute Gasteiger partial charge is 0.330 e. The lowest BCUT2D eigenvalue weighted by Crippen LogP contribution is -2.49. The molecule has 8 nitrogen and oxygen atoms in total. The zero-order valence-corrected chi connectivity index (χ0v) is 19.4. The first-order valence-corrected chi connectivity index (χ1v) is 12.5. The first-order chi connectivity index (χ1) is 15.8. The second kappa shape index (κ2) is 9.15. The van der Waals surface area contributed by atoms with Gasteiger partial charge in [-0.3, -0.25) is 9.80 Å². The zero-order valence-electron chi connectivity index (χ0n) is 17.8. The maximum absolute atomic E-state index is 13.2. The number of hydrogen-bond acceptors (Lipinski definition) is 6. The molecular formula is C23H21N5O3S2. The number of sulfonamides is 1. The summed E-state index contributed by atoms with van der Waals surface area (Å²) in [7, 11) is -3.89. The zero-order chi connectivity index (χ0) is 23.6. The summed E-state index contributed by atoms with van der Waals surface area (Å²) in [5.74, 6) is 0. The Labute approximate surface area is 196 Å². The number of nitrogens with zero attached hydrogens (tertiary/aromatic N) is 4. The van der Waals surface area contributed by atoms with Gasteiger partial charge in [-0.05, 0) is 48.2 Å². The molecule has 2 aromatic carbocycles. The van der Waals surface area contributed by atoms with Crippen molar-refractivity contribution in [3.63, 3.8) is 0 Å². The number of nitriles is 1. The second-order valence-corrected chi connectivity index (χ2v) is 10.2. The van der Waals surface area contributed by atoms with Crippen LogP contribution < -0.4 is 14.9 Å². The highest BCUT2D eigenvalue weighted by Gasteiger charge is 2.31. The molecule has 33 heavy (non-hydrogen) atoms. The average Bonchev–Trinajstić information content (AvgIpc) is 3.20. The van der Waals surface area contributed by atoms with Crippen molar-refractivity contribution in [2.75, 3.05) is 22.9 Å². The van der Waals surface area contributed by atoms with Gasteiger partial charge in [0.15, 0.2) is 9.34 Å². The number of carbonyl (C=O) groups is 1. The Balaban J connectivity index is 1.60. The van der Waals surface area contributed by atoms with Crippen molar-refractivity contribution in [3.05, 3.63) is 65.9 Å². The quantitative estimate of drug-likeness (QED) is 0.552. The van der Waals surface area contributed by atoms with E-state index >= 15 is 0 Å². The summed E-state index contributed by atoms with van der Waals surface area (Å²) in [4.78, 5) is 20.6. The highest BCUT2D eigenvalue weighted by molar-refractivity contribution is 7.91. The van der Waals surface area contributed by atoms with Crippen LogP contribution in [0.2, 0.25) is 0 Å². The van der Waals surface area contributed by atoms with Gasteiger partial charge >= 0.3 is 6.03 Å². The fourth-order valence-corrected chi connectivity index (χ4v) is 5.71. The molecule has 2 heterocycles. The Morgan fingerprint density at radius 1 is 1.12 bits per heavy atom. The van der Waals surface area contributed by atoms with E-state index in [-0.39, 0.29) is 15.9 Å². The molecule has 0 spiro atoms. The molecule has 1 aliphatic rings. The van der Waals surface area contributed by atoms with Crippen LogP contribution in [-0.2, 0) is 10.0 Å². The molecule has 0 bridgehead atoms. The molecule has 0 saturated carbocycles. The number of rotatable bonds is 5. The van der Waals surface area contributed by atoms with Gasteiger partial charge in [-0.2, -0.15) is 5.26 Å². The summed E-state index contributed by atoms with van der Waals surface area (Å²) >= 11 is 0.907. The van der Waals surface area contributed by atoms with E-state index in [1.807, 2.05) is 54.6 Å². The van der Waals surface area contributed by atoms with Gasteiger partial charge in [-0.1, -0.05) is 47.7 Å². The molecule has 0 unspecified atom stereocenters. The summed E-state index contributed by atoms with van der Waals surface area (Å²) in [5.41, 5.74) is 3.90. The molecule has 10 heteroatoms. The lowest BCUT2D eigenvalue weighted by Gasteiger charge is -2.34. The smallest absolute Gasteiger partial charge is 0.294 e. The minimum atomic E-state index is -3.89. The van der Waals surface area contributed by atoms with Crippen LogP contribution in [0.25, 0.3) is 17.2 Å². The summed E-state index contributed by atoms with van der Waals surface area (Å²) in [6.07, 6.45) is 3.91. The van der Waals surface area contributed by atoms with Crippen molar-refractivity contribution < 1.29 is 13.2 Å². The summed E-state index contributed by atoms with van der Waals surface area (Å²) in [5, 5.41) is 14.4. The number of benzene rings is 2. The maximum Gasteiger partial charge on any atom is 0.330 e. The summed E-state index contributed by atoms with van der Waals surface area (Å²) in [6, 6.07) is 17.1. The van der Waals surface area contributed by atoms with Crippen LogP contribution >= 0.6 is 11.3 Å². The van der Waals surface area contributed by atoms with Crippen molar-refractivity contribution >= 4 is 44.3 Å². The number of aryl methyl sites for hydroxylation is 1. The van der Waals surface area contributed by atoms with Gasteiger partial charge in [0.2, 0.25) is 10.0 Å². The van der Waals surface area contributed by atoms with Crippen LogP contribution in [0.5, 0.6) is 0 Å². The van der Waals surface area contributed by atoms with Crippen molar-refractivity contribution in [1.29, 1.82) is 5.26 Å². The first kappa shape index (κ1) is 22.7. The van der Waals surface area contributed by atoms with Gasteiger partial charge in [-0.25, -0.2) is 23.3 Å². The number of urea groups is 1. The Hall–Kier alpha value is -3.52. The van der Waals surface area contributed by atoms with E-state index in [1.165, 1.54) is 11.0 Å². The van der Waals surface area contributed by atoms with Crippen molar-refractivity contribution in [1.82, 2.24) is 4.98 Å². The summed E-state index contributed by atoms with van der Waals surface area (Å²) < 4.78 is 23.5. The van der Waals surface area contributed by atoms with Gasteiger partial charge in [0, 0.05) is 24.9 Å². The molecule has 4 rings (SSSR count). The number of allylic oxidation sites excluding steroid dienone is 1. The Morgan fingerprint density at radius 2 is 1.82 bits per heavy atom. The molecule has 0 atom stereocenters. The predicted octanol–water partition coefficient (Wildman–Crippen LogP) is 4.14. The van der Waals surface area contributed by atoms with Gasteiger partial charge in [0.25, 0.3) is 0 Å². The number of thiazole rings is 1. The highest BCUT2D eigenvalue weighted by Crippen LogP contribution is 2.33. The Bertz CT molecular complexity index is 1370. The average molecular weight is 480 g/mol. The van der Waals surface area contributed by atoms with Crippen LogP contribution in [-0.4, -0.2) is 32.5 Å². The topological polar surface area (TPSA) is 120 Å². The van der Waals surface area contributed by atoms with E-state index in [9.17, 15) is 13.2 Å². The third-order valence-electron chi connectivity index (χ3n) is 5.25. The first-order valence-electron chi connectivity index (χ1n) is 10.1. The number of anilines is 2. The monoisotopic (exact) mass is 479 g/mol. The molecular weight excluding hydrogens is 458 g/mol. The molecule has 168 valence electrons. The van der Waals surface area contributed by atoms with Crippen LogP contribution in [0.15, 0.2) is 58.8 Å². The number of hydrogen-bond donors (Lipinski definition) is 1. The highest BCUT2D eigenvalue weighted by atomic mass is 32.2. The van der Waals surface area contributed by atoms with Crippen LogP contribution in [0.4, 0.5) is 15.6 Å². The van der Waals surface area contributed by atoms with Crippen molar-refractivity contribution in [3.8, 4) is 17.2 Å². The summed E-state index contributed by atoms with van der Waals surface area (Å²) in [6.45, 7) is 2.56. The third-order valence-corrected chi connectivity index (χ3v) is 7.98. The minimum absolute atomic E-state index is 0.0316. The molecule has 0 radical (unpaired) electrons. The molecule has 1 aromatic heterocycles. The molecule has 0 aliphatic carbocycles. The van der Waals surface area contributed by atoms with E-state index < -0.39 is 10.0 Å². The molecule has 3 aromatic rings. The maximum atomic E-state index is 13.2. The SMILES string of the molecule is Cc1nc(N2CCCN(c3ccc(-c4ccccc4/C=C\C#N)cc3)C2=O)sc1S(N)(=O)=O. The van der Waals surface area contributed by atoms with E-state index in [4.69, 9.17) is 10.4 Å². The van der Waals surface area contributed by atoms with Gasteiger partial charge in [0.05, 0.1) is 11.8 Å². The molecule has 2 amide bonds. The van der Waals surface area contributed by atoms with Crippen LogP contribution in [0.3, 0.4) is 0 Å². The normalized spacial score (nSPS) is 14.6. The standard InChI is InChI=1S/C23H21N5O3S2/c1-16-21(33(25,30)31)32-22(26-16)28-15-5-14-27(23(28)29)19-11-9-18(10-12-19)20-8-3-2-6-17(20)7-4-13-24/h2-4,6-12H,5,14-15H2,1H3,(H2,25,30,31)/b7-4-. The van der Waals surface area contributed by atoms with E-state index in [0.29, 0.717) is 24.6 Å². The van der Waals surface area contributed by atoms with Gasteiger partial charge < -0.3 is 0 Å². The van der Waals surface area contributed by atoms with E-state index in [1.54, 1.807) is 17.9 Å². The molecule has 1 aliphatic heterocycles. The fourth-order valence-electron chi connectivity index (χ4n) is 3.74. The van der Waals surface area contributed by atoms with Crippen molar-refractivity contribution in [2.45, 2.75) is 17.6 Å². The Morgan fingerprint density at radius 3 is 2.48 bits per heavy atom. The number of carbonyl (C=O) groups excluding carboxylic acids is 1. The third kappa shape index (κ3) is 4.66. The fraction of sp³-hybridized carbons (Fsp3) is 0.174. The van der Waals surface area contributed by atoms with Crippen LogP contribution in [0.1, 0.15) is 17.7 Å². The number of amides is 2. The van der Waals surface area contributed by atoms with Crippen LogP contribution in [0, 0.1) is 18.3 Å². The molecule has 2 N–H and O–H groups in total. The minimum Gasteiger partial charge on any atom is -0.294 e. The molecule has 1 fully saturated rings. The number of primary sulfonamides is 1. The predicted molar refractivity (Wildman–Crippen MR) is 129 cm³/mol. The Kier molecular flexibility index (Phi) is 6.29. The number of nitrogens with two attached hydrogens (primary N) is 1. The van der Waals surface area contributed by atoms with E-state index in [0.717, 1.165) is 33.7 Å². The van der Waals surface area contributed by atoms with Gasteiger partial charge in [-0.15, -0.1) is 0 Å². The lowest BCUT2D eigenvalue weighted by atomic mass is 9.99.